The molecule has 0 aliphatic carbocycles. The zero-order valence-electron chi connectivity index (χ0n) is 12.3. The number of carbonyl (C=O) groups is 1. The molecule has 0 bridgehead atoms. The van der Waals surface area contributed by atoms with E-state index in [1.807, 2.05) is 6.07 Å². The zero-order valence-corrected chi connectivity index (χ0v) is 13.1. The number of carboxylic acid groups (broad SMARTS) is 1. The van der Waals surface area contributed by atoms with Crippen LogP contribution in [0.3, 0.4) is 0 Å². The normalized spacial score (nSPS) is 11.3. The number of hydrogen-bond donors (Lipinski definition) is 2. The van der Waals surface area contributed by atoms with Gasteiger partial charge in [-0.1, -0.05) is 30.3 Å². The Morgan fingerprint density at radius 1 is 1.17 bits per heavy atom. The van der Waals surface area contributed by atoms with Crippen LogP contribution in [0, 0.1) is 0 Å². The lowest BCUT2D eigenvalue weighted by atomic mass is 10.2. The van der Waals surface area contributed by atoms with Crippen molar-refractivity contribution in [2.24, 2.45) is 0 Å². The van der Waals surface area contributed by atoms with Gasteiger partial charge in [0.05, 0.1) is 23.8 Å². The van der Waals surface area contributed by atoms with Gasteiger partial charge in [0.15, 0.2) is 0 Å². The molecule has 0 aliphatic heterocycles. The monoisotopic (exact) mass is 333 g/mol. The van der Waals surface area contributed by atoms with Crippen molar-refractivity contribution in [3.63, 3.8) is 0 Å². The molecule has 0 aliphatic rings. The molecule has 2 rings (SSSR count). The number of carboxylic acids is 1. The first-order valence-electron chi connectivity index (χ1n) is 6.58. The third-order valence-corrected chi connectivity index (χ3v) is 3.95. The molecule has 0 saturated heterocycles. The van der Waals surface area contributed by atoms with Crippen molar-refractivity contribution in [1.82, 2.24) is 0 Å². The van der Waals surface area contributed by atoms with Crippen molar-refractivity contribution in [2.45, 2.75) is 0 Å². The summed E-state index contributed by atoms with van der Waals surface area (Å²) in [5, 5.41) is 10.2. The third kappa shape index (κ3) is 4.58. The number of methoxy groups -OCH3 is 1. The Balaban J connectivity index is 2.27. The SMILES string of the molecule is COc1ccc(NS(=O)(=O)C=Cc2ccccc2)c(C(=O)O)c1. The van der Waals surface area contributed by atoms with Gasteiger partial charge in [0, 0.05) is 0 Å². The van der Waals surface area contributed by atoms with Crippen molar-refractivity contribution in [3.05, 3.63) is 65.1 Å². The molecular weight excluding hydrogens is 318 g/mol. The van der Waals surface area contributed by atoms with Crippen LogP contribution in [0.4, 0.5) is 5.69 Å². The maximum atomic E-state index is 12.1. The van der Waals surface area contributed by atoms with Gasteiger partial charge in [0.25, 0.3) is 10.0 Å². The third-order valence-electron chi connectivity index (χ3n) is 2.95. The van der Waals surface area contributed by atoms with Crippen molar-refractivity contribution in [2.75, 3.05) is 11.8 Å². The second-order valence-corrected chi connectivity index (χ2v) is 6.14. The van der Waals surface area contributed by atoms with E-state index in [4.69, 9.17) is 4.74 Å². The fourth-order valence-electron chi connectivity index (χ4n) is 1.84. The molecule has 0 saturated carbocycles. The molecule has 23 heavy (non-hydrogen) atoms. The van der Waals surface area contributed by atoms with Crippen molar-refractivity contribution < 1.29 is 23.1 Å². The Morgan fingerprint density at radius 3 is 2.48 bits per heavy atom. The second kappa shape index (κ2) is 6.97. The Morgan fingerprint density at radius 2 is 1.87 bits per heavy atom. The van der Waals surface area contributed by atoms with Crippen LogP contribution < -0.4 is 9.46 Å². The number of ether oxygens (including phenoxy) is 1. The molecule has 6 nitrogen and oxygen atoms in total. The fraction of sp³-hybridized carbons (Fsp3) is 0.0625. The molecule has 0 unspecified atom stereocenters. The first-order valence-corrected chi connectivity index (χ1v) is 8.13. The summed E-state index contributed by atoms with van der Waals surface area (Å²) in [4.78, 5) is 11.2. The summed E-state index contributed by atoms with van der Waals surface area (Å²) in [6.45, 7) is 0. The Kier molecular flexibility index (Phi) is 5.02. The average molecular weight is 333 g/mol. The lowest BCUT2D eigenvalue weighted by Gasteiger charge is -2.09. The van der Waals surface area contributed by atoms with E-state index in [-0.39, 0.29) is 11.3 Å². The standard InChI is InChI=1S/C16H15NO5S/c1-22-13-7-8-15(14(11-13)16(18)19)17-23(20,21)10-9-12-5-3-2-4-6-12/h2-11,17H,1H3,(H,18,19). The smallest absolute Gasteiger partial charge is 0.337 e. The number of aromatic carboxylic acids is 1. The summed E-state index contributed by atoms with van der Waals surface area (Å²) in [5.41, 5.74) is 0.489. The van der Waals surface area contributed by atoms with Crippen LogP contribution >= 0.6 is 0 Å². The topological polar surface area (TPSA) is 92.7 Å². The highest BCUT2D eigenvalue weighted by Gasteiger charge is 2.15. The van der Waals surface area contributed by atoms with Crippen molar-refractivity contribution in [3.8, 4) is 5.75 Å². The fourth-order valence-corrected chi connectivity index (χ4v) is 2.72. The molecule has 0 atom stereocenters. The summed E-state index contributed by atoms with van der Waals surface area (Å²) in [7, 11) is -2.45. The van der Waals surface area contributed by atoms with Crippen LogP contribution in [0.25, 0.3) is 6.08 Å². The number of anilines is 1. The minimum Gasteiger partial charge on any atom is -0.497 e. The Bertz CT molecular complexity index is 829. The summed E-state index contributed by atoms with van der Waals surface area (Å²) in [6.07, 6.45) is 1.42. The molecule has 2 aromatic carbocycles. The molecule has 2 N–H and O–H groups in total. The molecule has 7 heteroatoms. The minimum atomic E-state index is -3.84. The van der Waals surface area contributed by atoms with Crippen LogP contribution in [-0.4, -0.2) is 26.6 Å². The van der Waals surface area contributed by atoms with E-state index in [2.05, 4.69) is 4.72 Å². The lowest BCUT2D eigenvalue weighted by molar-refractivity contribution is 0.0697. The highest BCUT2D eigenvalue weighted by Crippen LogP contribution is 2.23. The summed E-state index contributed by atoms with van der Waals surface area (Å²) in [5.74, 6) is -0.932. The van der Waals surface area contributed by atoms with Gasteiger partial charge in [-0.15, -0.1) is 0 Å². The molecule has 0 aromatic heterocycles. The molecule has 0 amide bonds. The van der Waals surface area contributed by atoms with E-state index in [1.54, 1.807) is 24.3 Å². The van der Waals surface area contributed by atoms with Gasteiger partial charge >= 0.3 is 5.97 Å². The van der Waals surface area contributed by atoms with E-state index in [0.717, 1.165) is 5.41 Å². The maximum absolute atomic E-state index is 12.1. The van der Waals surface area contributed by atoms with E-state index in [9.17, 15) is 18.3 Å². The van der Waals surface area contributed by atoms with Gasteiger partial charge < -0.3 is 9.84 Å². The van der Waals surface area contributed by atoms with Gasteiger partial charge in [0.2, 0.25) is 0 Å². The van der Waals surface area contributed by atoms with Crippen molar-refractivity contribution >= 4 is 27.8 Å². The molecule has 0 heterocycles. The highest BCUT2D eigenvalue weighted by molar-refractivity contribution is 7.95. The van der Waals surface area contributed by atoms with Crippen LogP contribution in [0.2, 0.25) is 0 Å². The van der Waals surface area contributed by atoms with Crippen molar-refractivity contribution in [1.29, 1.82) is 0 Å². The first-order chi connectivity index (χ1) is 10.9. The van der Waals surface area contributed by atoms with E-state index >= 15 is 0 Å². The zero-order chi connectivity index (χ0) is 16.9. The molecule has 0 fully saturated rings. The summed E-state index contributed by atoms with van der Waals surface area (Å²) < 4.78 is 31.3. The largest absolute Gasteiger partial charge is 0.497 e. The molecule has 0 radical (unpaired) electrons. The van der Waals surface area contributed by atoms with Crippen LogP contribution in [0.15, 0.2) is 53.9 Å². The van der Waals surface area contributed by atoms with Crippen LogP contribution in [0.1, 0.15) is 15.9 Å². The lowest BCUT2D eigenvalue weighted by Crippen LogP contribution is -2.12. The van der Waals surface area contributed by atoms with E-state index in [0.29, 0.717) is 11.3 Å². The predicted molar refractivity (Wildman–Crippen MR) is 88.0 cm³/mol. The summed E-state index contributed by atoms with van der Waals surface area (Å²) in [6, 6.07) is 13.0. The Hall–Kier alpha value is -2.80. The van der Waals surface area contributed by atoms with Crippen LogP contribution in [0.5, 0.6) is 5.75 Å². The summed E-state index contributed by atoms with van der Waals surface area (Å²) >= 11 is 0. The number of nitrogens with one attached hydrogen (secondary N) is 1. The molecule has 2 aromatic rings. The van der Waals surface area contributed by atoms with Gasteiger partial charge in [-0.05, 0) is 29.8 Å². The molecule has 120 valence electrons. The highest BCUT2D eigenvalue weighted by atomic mass is 32.2. The van der Waals surface area contributed by atoms with E-state index in [1.165, 1.54) is 31.4 Å². The van der Waals surface area contributed by atoms with Gasteiger partial charge in [-0.2, -0.15) is 0 Å². The molecular formula is C16H15NO5S. The second-order valence-electron chi connectivity index (χ2n) is 4.58. The predicted octanol–water partition coefficient (Wildman–Crippen LogP) is 2.81. The van der Waals surface area contributed by atoms with Gasteiger partial charge in [-0.25, -0.2) is 13.2 Å². The van der Waals surface area contributed by atoms with Gasteiger partial charge in [-0.3, -0.25) is 4.72 Å². The van der Waals surface area contributed by atoms with Crippen LogP contribution in [-0.2, 0) is 10.0 Å². The minimum absolute atomic E-state index is 0.0315. The number of hydrogen-bond acceptors (Lipinski definition) is 4. The number of benzene rings is 2. The first kappa shape index (κ1) is 16.6. The Labute approximate surface area is 134 Å². The maximum Gasteiger partial charge on any atom is 0.337 e. The van der Waals surface area contributed by atoms with E-state index < -0.39 is 16.0 Å². The quantitative estimate of drug-likeness (QED) is 0.848. The number of rotatable bonds is 6. The van der Waals surface area contributed by atoms with Gasteiger partial charge in [0.1, 0.15) is 5.75 Å². The number of sulfonamides is 1. The average Bonchev–Trinajstić information content (AvgIpc) is 2.54. The molecule has 0 spiro atoms.